The molecular formula is C23H28N2O. The van der Waals surface area contributed by atoms with Crippen molar-refractivity contribution in [2.24, 2.45) is 0 Å². The Kier molecular flexibility index (Phi) is 5.35. The second kappa shape index (κ2) is 8.05. The second-order valence-electron chi connectivity index (χ2n) is 7.48. The third-order valence-corrected chi connectivity index (χ3v) is 5.68. The molecule has 1 saturated heterocycles. The minimum absolute atomic E-state index is 0.151. The van der Waals surface area contributed by atoms with Crippen molar-refractivity contribution < 1.29 is 0 Å². The van der Waals surface area contributed by atoms with E-state index in [1.807, 2.05) is 36.4 Å². The molecule has 0 saturated carbocycles. The van der Waals surface area contributed by atoms with Gasteiger partial charge in [0.2, 0.25) is 0 Å². The van der Waals surface area contributed by atoms with Crippen LogP contribution in [-0.4, -0.2) is 29.1 Å². The van der Waals surface area contributed by atoms with Crippen LogP contribution in [0.4, 0.5) is 0 Å². The molecule has 0 atom stereocenters. The van der Waals surface area contributed by atoms with Crippen molar-refractivity contribution in [1.29, 1.82) is 0 Å². The number of unbranched alkanes of at least 4 members (excludes halogenated alkanes) is 2. The molecule has 0 bridgehead atoms. The van der Waals surface area contributed by atoms with Crippen LogP contribution in [0.2, 0.25) is 0 Å². The maximum absolute atomic E-state index is 12.8. The predicted molar refractivity (Wildman–Crippen MR) is 110 cm³/mol. The number of pyridine rings is 1. The Balaban J connectivity index is 1.50. The minimum Gasteiger partial charge on any atom is -0.340 e. The van der Waals surface area contributed by atoms with Gasteiger partial charge in [-0.05, 0) is 69.6 Å². The van der Waals surface area contributed by atoms with Crippen molar-refractivity contribution in [2.45, 2.75) is 45.1 Å². The zero-order chi connectivity index (χ0) is 17.8. The number of rotatable bonds is 6. The number of aromatic nitrogens is 1. The Hall–Kier alpha value is -2.13. The molecule has 0 amide bonds. The van der Waals surface area contributed by atoms with Crippen molar-refractivity contribution >= 4 is 21.8 Å². The fraction of sp³-hybridized carbons (Fsp3) is 0.435. The fourth-order valence-electron chi connectivity index (χ4n) is 4.28. The molecule has 1 aliphatic heterocycles. The highest BCUT2D eigenvalue weighted by Gasteiger charge is 2.11. The Morgan fingerprint density at radius 3 is 1.92 bits per heavy atom. The van der Waals surface area contributed by atoms with Crippen LogP contribution < -0.4 is 5.43 Å². The molecular weight excluding hydrogens is 320 g/mol. The summed E-state index contributed by atoms with van der Waals surface area (Å²) in [5.41, 5.74) is 2.28. The van der Waals surface area contributed by atoms with Gasteiger partial charge in [0.25, 0.3) is 0 Å². The van der Waals surface area contributed by atoms with E-state index in [9.17, 15) is 4.79 Å². The van der Waals surface area contributed by atoms with Gasteiger partial charge in [-0.15, -0.1) is 0 Å². The molecule has 0 aliphatic carbocycles. The van der Waals surface area contributed by atoms with Gasteiger partial charge in [-0.25, -0.2) is 0 Å². The van der Waals surface area contributed by atoms with Crippen LogP contribution in [0.5, 0.6) is 0 Å². The topological polar surface area (TPSA) is 25.2 Å². The van der Waals surface area contributed by atoms with Gasteiger partial charge in [0, 0.05) is 17.3 Å². The maximum atomic E-state index is 12.8. The van der Waals surface area contributed by atoms with Crippen molar-refractivity contribution in [1.82, 2.24) is 9.47 Å². The van der Waals surface area contributed by atoms with E-state index in [1.165, 1.54) is 51.7 Å². The van der Waals surface area contributed by atoms with E-state index in [-0.39, 0.29) is 5.43 Å². The summed E-state index contributed by atoms with van der Waals surface area (Å²) < 4.78 is 2.34. The number of hydrogen-bond acceptors (Lipinski definition) is 2. The standard InChI is InChI=1S/C23H28N2O/c26-23-19-11-3-5-13-21(19)25(22-14-6-4-12-20(22)23)18-10-2-9-17-24-15-7-1-8-16-24/h3-6,11-14H,1-2,7-10,15-18H2. The summed E-state index contributed by atoms with van der Waals surface area (Å²) in [6.45, 7) is 4.79. The molecule has 0 N–H and O–H groups in total. The summed E-state index contributed by atoms with van der Waals surface area (Å²) in [6.07, 6.45) is 7.82. The molecule has 0 radical (unpaired) electrons. The van der Waals surface area contributed by atoms with Crippen molar-refractivity contribution in [3.05, 3.63) is 58.8 Å². The fourth-order valence-corrected chi connectivity index (χ4v) is 4.28. The first-order valence-electron chi connectivity index (χ1n) is 10.1. The average Bonchev–Trinajstić information content (AvgIpc) is 2.71. The largest absolute Gasteiger partial charge is 0.340 e. The zero-order valence-electron chi connectivity index (χ0n) is 15.5. The van der Waals surface area contributed by atoms with Gasteiger partial charge in [-0.2, -0.15) is 0 Å². The minimum atomic E-state index is 0.151. The number of aryl methyl sites for hydroxylation is 1. The number of para-hydroxylation sites is 2. The molecule has 1 aliphatic rings. The molecule has 136 valence electrons. The van der Waals surface area contributed by atoms with E-state index in [0.29, 0.717) is 0 Å². The molecule has 0 unspecified atom stereocenters. The number of likely N-dealkylation sites (tertiary alicyclic amines) is 1. The Morgan fingerprint density at radius 2 is 1.27 bits per heavy atom. The highest BCUT2D eigenvalue weighted by molar-refractivity contribution is 5.93. The van der Waals surface area contributed by atoms with E-state index < -0.39 is 0 Å². The van der Waals surface area contributed by atoms with Gasteiger partial charge in [-0.1, -0.05) is 37.1 Å². The summed E-state index contributed by atoms with van der Waals surface area (Å²) in [5, 5.41) is 1.67. The average molecular weight is 348 g/mol. The molecule has 3 aromatic rings. The van der Waals surface area contributed by atoms with Gasteiger partial charge in [-0.3, -0.25) is 4.79 Å². The van der Waals surface area contributed by atoms with Gasteiger partial charge >= 0.3 is 0 Å². The predicted octanol–water partition coefficient (Wildman–Crippen LogP) is 4.81. The Bertz CT molecular complexity index is 878. The number of benzene rings is 2. The smallest absolute Gasteiger partial charge is 0.197 e. The molecule has 2 heterocycles. The lowest BCUT2D eigenvalue weighted by Crippen LogP contribution is -2.30. The van der Waals surface area contributed by atoms with Gasteiger partial charge in [0.1, 0.15) is 0 Å². The van der Waals surface area contributed by atoms with Gasteiger partial charge in [0.05, 0.1) is 11.0 Å². The van der Waals surface area contributed by atoms with Gasteiger partial charge < -0.3 is 9.47 Å². The van der Waals surface area contributed by atoms with Crippen LogP contribution in [0.3, 0.4) is 0 Å². The summed E-state index contributed by atoms with van der Waals surface area (Å²) in [4.78, 5) is 15.4. The first kappa shape index (κ1) is 17.3. The molecule has 3 heteroatoms. The number of fused-ring (bicyclic) bond motifs is 2. The molecule has 4 rings (SSSR count). The summed E-state index contributed by atoms with van der Waals surface area (Å²) in [5.74, 6) is 0. The maximum Gasteiger partial charge on any atom is 0.197 e. The van der Waals surface area contributed by atoms with E-state index in [2.05, 4.69) is 21.6 Å². The van der Waals surface area contributed by atoms with Crippen molar-refractivity contribution in [3.8, 4) is 0 Å². The van der Waals surface area contributed by atoms with Crippen LogP contribution in [0.25, 0.3) is 21.8 Å². The monoisotopic (exact) mass is 348 g/mol. The second-order valence-corrected chi connectivity index (χ2v) is 7.48. The first-order chi connectivity index (χ1) is 12.8. The lowest BCUT2D eigenvalue weighted by Gasteiger charge is -2.26. The summed E-state index contributed by atoms with van der Waals surface area (Å²) in [6, 6.07) is 16.1. The highest BCUT2D eigenvalue weighted by Crippen LogP contribution is 2.20. The normalized spacial score (nSPS) is 15.7. The highest BCUT2D eigenvalue weighted by atomic mass is 16.1. The van der Waals surface area contributed by atoms with E-state index >= 15 is 0 Å². The number of nitrogens with zero attached hydrogens (tertiary/aromatic N) is 2. The molecule has 0 spiro atoms. The zero-order valence-corrected chi connectivity index (χ0v) is 15.5. The van der Waals surface area contributed by atoms with Gasteiger partial charge in [0.15, 0.2) is 5.43 Å². The SMILES string of the molecule is O=c1c2ccccc2n(CCCCCN2CCCCC2)c2ccccc12. The van der Waals surface area contributed by atoms with Crippen molar-refractivity contribution in [2.75, 3.05) is 19.6 Å². The van der Waals surface area contributed by atoms with Crippen molar-refractivity contribution in [3.63, 3.8) is 0 Å². The quantitative estimate of drug-likeness (QED) is 0.472. The molecule has 1 aromatic heterocycles. The van der Waals surface area contributed by atoms with E-state index in [0.717, 1.165) is 34.8 Å². The van der Waals surface area contributed by atoms with Crippen LogP contribution in [0.1, 0.15) is 38.5 Å². The molecule has 3 nitrogen and oxygen atoms in total. The molecule has 26 heavy (non-hydrogen) atoms. The first-order valence-corrected chi connectivity index (χ1v) is 10.1. The van der Waals surface area contributed by atoms with E-state index in [1.54, 1.807) is 0 Å². The third kappa shape index (κ3) is 3.54. The lowest BCUT2D eigenvalue weighted by molar-refractivity contribution is 0.224. The van der Waals surface area contributed by atoms with Crippen LogP contribution in [-0.2, 0) is 6.54 Å². The van der Waals surface area contributed by atoms with Crippen LogP contribution in [0, 0.1) is 0 Å². The van der Waals surface area contributed by atoms with Crippen LogP contribution >= 0.6 is 0 Å². The van der Waals surface area contributed by atoms with E-state index in [4.69, 9.17) is 0 Å². The summed E-state index contributed by atoms with van der Waals surface area (Å²) >= 11 is 0. The van der Waals surface area contributed by atoms with Crippen LogP contribution in [0.15, 0.2) is 53.3 Å². The Labute approximate surface area is 155 Å². The lowest BCUT2D eigenvalue weighted by atomic mass is 10.1. The third-order valence-electron chi connectivity index (χ3n) is 5.68. The number of hydrogen-bond donors (Lipinski definition) is 0. The Morgan fingerprint density at radius 1 is 0.692 bits per heavy atom. The molecule has 2 aromatic carbocycles. The molecule has 1 fully saturated rings. The summed E-state index contributed by atoms with van der Waals surface area (Å²) in [7, 11) is 0. The number of piperidine rings is 1.